The van der Waals surface area contributed by atoms with Gasteiger partial charge in [0.2, 0.25) is 0 Å². The molecule has 74 valence electrons. The van der Waals surface area contributed by atoms with E-state index in [1.807, 2.05) is 0 Å². The van der Waals surface area contributed by atoms with Crippen LogP contribution in [-0.4, -0.2) is 17.2 Å². The number of hydrogen-bond donors (Lipinski definition) is 1. The molecule has 1 unspecified atom stereocenters. The summed E-state index contributed by atoms with van der Waals surface area (Å²) in [7, 11) is 0. The molecule has 3 nitrogen and oxygen atoms in total. The number of ether oxygens (including phenoxy) is 1. The number of rotatable bonds is 1. The molecule has 0 fully saturated rings. The largest absolute Gasteiger partial charge is 0.478 e. The van der Waals surface area contributed by atoms with Gasteiger partial charge in [0.15, 0.2) is 17.7 Å². The fraction of sp³-hybridized carbons (Fsp3) is 0.222. The average Bonchev–Trinajstić information content (AvgIpc) is 2.47. The average molecular weight is 200 g/mol. The maximum absolute atomic E-state index is 13.0. The highest BCUT2D eigenvalue weighted by molar-refractivity contribution is 5.74. The van der Waals surface area contributed by atoms with Gasteiger partial charge >= 0.3 is 5.97 Å². The monoisotopic (exact) mass is 200 g/mol. The molecular formula is C9H6F2O3. The molecule has 5 heteroatoms. The third-order valence-electron chi connectivity index (χ3n) is 2.03. The SMILES string of the molecule is O=C(O)C1Cc2cc(F)cc(F)c2O1. The molecule has 1 aromatic carbocycles. The number of carboxylic acid groups (broad SMARTS) is 1. The zero-order chi connectivity index (χ0) is 10.3. The number of halogens is 2. The number of carbonyl (C=O) groups is 1. The van der Waals surface area contributed by atoms with E-state index < -0.39 is 23.7 Å². The van der Waals surface area contributed by atoms with E-state index in [-0.39, 0.29) is 17.7 Å². The third kappa shape index (κ3) is 1.30. The van der Waals surface area contributed by atoms with E-state index in [4.69, 9.17) is 9.84 Å². The van der Waals surface area contributed by atoms with Gasteiger partial charge in [-0.15, -0.1) is 0 Å². The molecule has 0 aliphatic carbocycles. The highest BCUT2D eigenvalue weighted by Gasteiger charge is 2.31. The highest BCUT2D eigenvalue weighted by atomic mass is 19.1. The van der Waals surface area contributed by atoms with Crippen LogP contribution < -0.4 is 4.74 Å². The first-order valence-electron chi connectivity index (χ1n) is 3.95. The van der Waals surface area contributed by atoms with Crippen LogP contribution in [0.3, 0.4) is 0 Å². The van der Waals surface area contributed by atoms with Crippen molar-refractivity contribution in [2.24, 2.45) is 0 Å². The molecule has 0 aromatic heterocycles. The van der Waals surface area contributed by atoms with E-state index in [0.29, 0.717) is 6.07 Å². The summed E-state index contributed by atoms with van der Waals surface area (Å²) >= 11 is 0. The van der Waals surface area contributed by atoms with Crippen molar-refractivity contribution in [1.82, 2.24) is 0 Å². The number of hydrogen-bond acceptors (Lipinski definition) is 2. The zero-order valence-electron chi connectivity index (χ0n) is 6.96. The summed E-state index contributed by atoms with van der Waals surface area (Å²) < 4.78 is 30.6. The Bertz CT molecular complexity index is 403. The lowest BCUT2D eigenvalue weighted by atomic mass is 10.1. The Labute approximate surface area is 77.9 Å². The van der Waals surface area contributed by atoms with Gasteiger partial charge in [0.05, 0.1) is 0 Å². The van der Waals surface area contributed by atoms with Gasteiger partial charge in [-0.05, 0) is 6.07 Å². The lowest BCUT2D eigenvalue weighted by molar-refractivity contribution is -0.144. The molecule has 0 spiro atoms. The van der Waals surface area contributed by atoms with Crippen molar-refractivity contribution < 1.29 is 23.4 Å². The summed E-state index contributed by atoms with van der Waals surface area (Å²) in [5, 5.41) is 8.60. The molecule has 0 radical (unpaired) electrons. The van der Waals surface area contributed by atoms with Crippen LogP contribution in [0, 0.1) is 11.6 Å². The van der Waals surface area contributed by atoms with Gasteiger partial charge in [0.1, 0.15) is 5.82 Å². The molecule has 0 amide bonds. The molecule has 0 saturated heterocycles. The van der Waals surface area contributed by atoms with Crippen LogP contribution in [0.1, 0.15) is 5.56 Å². The summed E-state index contributed by atoms with van der Waals surface area (Å²) in [4.78, 5) is 10.5. The second-order valence-electron chi connectivity index (χ2n) is 3.02. The van der Waals surface area contributed by atoms with Crippen LogP contribution in [0.4, 0.5) is 8.78 Å². The standard InChI is InChI=1S/C9H6F2O3/c10-5-1-4-2-7(9(12)13)14-8(4)6(11)3-5/h1,3,7H,2H2,(H,12,13). The summed E-state index contributed by atoms with van der Waals surface area (Å²) in [6, 6.07) is 1.75. The van der Waals surface area contributed by atoms with Crippen LogP contribution in [0.2, 0.25) is 0 Å². The van der Waals surface area contributed by atoms with Gasteiger partial charge in [0.25, 0.3) is 0 Å². The van der Waals surface area contributed by atoms with E-state index >= 15 is 0 Å². The molecule has 0 bridgehead atoms. The second-order valence-corrected chi connectivity index (χ2v) is 3.02. The minimum absolute atomic E-state index is 0.000648. The van der Waals surface area contributed by atoms with Crippen LogP contribution in [-0.2, 0) is 11.2 Å². The highest BCUT2D eigenvalue weighted by Crippen LogP contribution is 2.32. The Morgan fingerprint density at radius 3 is 2.86 bits per heavy atom. The smallest absolute Gasteiger partial charge is 0.345 e. The zero-order valence-corrected chi connectivity index (χ0v) is 6.96. The normalized spacial score (nSPS) is 18.9. The van der Waals surface area contributed by atoms with Crippen molar-refractivity contribution in [1.29, 1.82) is 0 Å². The van der Waals surface area contributed by atoms with E-state index in [9.17, 15) is 13.6 Å². The minimum atomic E-state index is -1.18. The third-order valence-corrected chi connectivity index (χ3v) is 2.03. The molecule has 1 aromatic rings. The van der Waals surface area contributed by atoms with Crippen molar-refractivity contribution >= 4 is 5.97 Å². The van der Waals surface area contributed by atoms with Crippen molar-refractivity contribution in [3.05, 3.63) is 29.3 Å². The van der Waals surface area contributed by atoms with E-state index in [1.54, 1.807) is 0 Å². The maximum atomic E-state index is 13.0. The fourth-order valence-electron chi connectivity index (χ4n) is 1.42. The van der Waals surface area contributed by atoms with Gasteiger partial charge in [-0.3, -0.25) is 0 Å². The second kappa shape index (κ2) is 2.94. The molecule has 1 heterocycles. The summed E-state index contributed by atoms with van der Waals surface area (Å²) in [6.45, 7) is 0. The van der Waals surface area contributed by atoms with E-state index in [0.717, 1.165) is 6.07 Å². The fourth-order valence-corrected chi connectivity index (χ4v) is 1.42. The Morgan fingerprint density at radius 1 is 1.50 bits per heavy atom. The van der Waals surface area contributed by atoms with Crippen molar-refractivity contribution in [2.75, 3.05) is 0 Å². The van der Waals surface area contributed by atoms with E-state index in [2.05, 4.69) is 0 Å². The van der Waals surface area contributed by atoms with Gasteiger partial charge < -0.3 is 9.84 Å². The van der Waals surface area contributed by atoms with Crippen LogP contribution in [0.25, 0.3) is 0 Å². The molecule has 1 atom stereocenters. The Kier molecular flexibility index (Phi) is 1.87. The van der Waals surface area contributed by atoms with Gasteiger partial charge in [-0.1, -0.05) is 0 Å². The Morgan fingerprint density at radius 2 is 2.21 bits per heavy atom. The molecule has 2 rings (SSSR count). The number of carboxylic acids is 1. The van der Waals surface area contributed by atoms with Crippen molar-refractivity contribution in [2.45, 2.75) is 12.5 Å². The molecule has 1 N–H and O–H groups in total. The van der Waals surface area contributed by atoms with Crippen LogP contribution in [0.5, 0.6) is 5.75 Å². The van der Waals surface area contributed by atoms with Crippen molar-refractivity contribution in [3.63, 3.8) is 0 Å². The summed E-state index contributed by atoms with van der Waals surface area (Å²) in [6.07, 6.45) is -1.11. The quantitative estimate of drug-likeness (QED) is 0.744. The minimum Gasteiger partial charge on any atom is -0.478 e. The molecule has 0 saturated carbocycles. The molecule has 1 aliphatic rings. The molecule has 14 heavy (non-hydrogen) atoms. The Hall–Kier alpha value is -1.65. The first-order chi connectivity index (χ1) is 6.58. The number of fused-ring (bicyclic) bond motifs is 1. The predicted molar refractivity (Wildman–Crippen MR) is 42.1 cm³/mol. The maximum Gasteiger partial charge on any atom is 0.345 e. The number of benzene rings is 1. The Balaban J connectivity index is 2.39. The van der Waals surface area contributed by atoms with E-state index in [1.165, 1.54) is 0 Å². The summed E-state index contributed by atoms with van der Waals surface area (Å²) in [5.41, 5.74) is 0.259. The van der Waals surface area contributed by atoms with Crippen molar-refractivity contribution in [3.8, 4) is 5.75 Å². The lowest BCUT2D eigenvalue weighted by Gasteiger charge is -2.04. The first kappa shape index (κ1) is 8.93. The lowest BCUT2D eigenvalue weighted by Crippen LogP contribution is -2.24. The first-order valence-corrected chi connectivity index (χ1v) is 3.95. The van der Waals surface area contributed by atoms with Crippen LogP contribution in [0.15, 0.2) is 12.1 Å². The van der Waals surface area contributed by atoms with Gasteiger partial charge in [-0.25, -0.2) is 13.6 Å². The van der Waals surface area contributed by atoms with Gasteiger partial charge in [-0.2, -0.15) is 0 Å². The molecular weight excluding hydrogens is 194 g/mol. The molecule has 1 aliphatic heterocycles. The number of aliphatic carboxylic acids is 1. The van der Waals surface area contributed by atoms with Gasteiger partial charge in [0, 0.05) is 18.1 Å². The topological polar surface area (TPSA) is 46.5 Å². The van der Waals surface area contributed by atoms with Crippen LogP contribution >= 0.6 is 0 Å². The summed E-state index contributed by atoms with van der Waals surface area (Å²) in [5.74, 6) is -2.92. The predicted octanol–water partition coefficient (Wildman–Crippen LogP) is 1.35.